The van der Waals surface area contributed by atoms with Crippen LogP contribution in [0.2, 0.25) is 0 Å². The predicted octanol–water partition coefficient (Wildman–Crippen LogP) is 3.15. The van der Waals surface area contributed by atoms with Crippen molar-refractivity contribution in [1.82, 2.24) is 4.57 Å². The van der Waals surface area contributed by atoms with Gasteiger partial charge in [0.05, 0.1) is 5.69 Å². The molecular weight excluding hydrogens is 222 g/mol. The Morgan fingerprint density at radius 3 is 2.44 bits per heavy atom. The molecule has 18 heavy (non-hydrogen) atoms. The molecule has 0 N–H and O–H groups in total. The Morgan fingerprint density at radius 2 is 1.67 bits per heavy atom. The van der Waals surface area contributed by atoms with E-state index in [1.165, 1.54) is 5.56 Å². The monoisotopic (exact) mass is 234 g/mol. The maximum absolute atomic E-state index is 11.0. The first-order valence-electron chi connectivity index (χ1n) is 5.89. The van der Waals surface area contributed by atoms with Crippen LogP contribution in [0.1, 0.15) is 11.3 Å². The first-order valence-corrected chi connectivity index (χ1v) is 5.89. The Labute approximate surface area is 105 Å². The fourth-order valence-electron chi connectivity index (χ4n) is 2.23. The highest BCUT2D eigenvalue weighted by Crippen LogP contribution is 2.20. The van der Waals surface area contributed by atoms with Crippen molar-refractivity contribution in [3.05, 3.63) is 71.9 Å². The van der Waals surface area contributed by atoms with Crippen LogP contribution in [0.3, 0.4) is 0 Å². The Balaban J connectivity index is 2.12. The summed E-state index contributed by atoms with van der Waals surface area (Å²) < 4.78 is 2.00. The normalized spacial score (nSPS) is 10.7. The standard InChI is InChI=1S/C16H12NO/c18-12-15-10-14-8-4-5-9-16(14)17(15)11-13-6-2-1-3-7-13/h1-10H,11H2. The van der Waals surface area contributed by atoms with Gasteiger partial charge in [-0.05, 0) is 17.7 Å². The molecule has 0 unspecified atom stereocenters. The second kappa shape index (κ2) is 4.49. The average Bonchev–Trinajstić information content (AvgIpc) is 2.78. The molecule has 0 saturated heterocycles. The lowest BCUT2D eigenvalue weighted by Crippen LogP contribution is -2.03. The lowest BCUT2D eigenvalue weighted by Gasteiger charge is -2.07. The maximum Gasteiger partial charge on any atom is 0.251 e. The average molecular weight is 234 g/mol. The molecule has 0 aliphatic carbocycles. The molecule has 1 radical (unpaired) electrons. The van der Waals surface area contributed by atoms with E-state index in [0.717, 1.165) is 10.9 Å². The van der Waals surface area contributed by atoms with Crippen LogP contribution in [0.5, 0.6) is 0 Å². The van der Waals surface area contributed by atoms with Gasteiger partial charge in [0.2, 0.25) is 0 Å². The van der Waals surface area contributed by atoms with E-state index in [1.54, 1.807) is 0 Å². The highest BCUT2D eigenvalue weighted by atomic mass is 16.1. The van der Waals surface area contributed by atoms with E-state index in [-0.39, 0.29) is 0 Å². The summed E-state index contributed by atoms with van der Waals surface area (Å²) in [4.78, 5) is 11.0. The summed E-state index contributed by atoms with van der Waals surface area (Å²) in [6, 6.07) is 20.0. The molecule has 3 aromatic rings. The SMILES string of the molecule is O=[C]c1cc2ccccc2n1Cc1ccccc1. The number of carbonyl (C=O) groups excluding carboxylic acids is 1. The second-order valence-electron chi connectivity index (χ2n) is 4.26. The van der Waals surface area contributed by atoms with Gasteiger partial charge in [-0.1, -0.05) is 48.5 Å². The minimum atomic E-state index is 0.597. The maximum atomic E-state index is 11.0. The molecule has 0 atom stereocenters. The fourth-order valence-corrected chi connectivity index (χ4v) is 2.23. The lowest BCUT2D eigenvalue weighted by atomic mass is 10.2. The van der Waals surface area contributed by atoms with Crippen LogP contribution < -0.4 is 0 Å². The number of hydrogen-bond donors (Lipinski definition) is 0. The number of aromatic nitrogens is 1. The van der Waals surface area contributed by atoms with Crippen molar-refractivity contribution < 1.29 is 4.79 Å². The van der Waals surface area contributed by atoms with Gasteiger partial charge < -0.3 is 4.57 Å². The first-order chi connectivity index (χ1) is 8.88. The van der Waals surface area contributed by atoms with Gasteiger partial charge in [0.1, 0.15) is 0 Å². The number of benzene rings is 2. The van der Waals surface area contributed by atoms with Gasteiger partial charge in [-0.25, -0.2) is 0 Å². The second-order valence-corrected chi connectivity index (χ2v) is 4.26. The van der Waals surface area contributed by atoms with Crippen molar-refractivity contribution in [2.75, 3.05) is 0 Å². The Kier molecular flexibility index (Phi) is 2.69. The van der Waals surface area contributed by atoms with Crippen molar-refractivity contribution in [1.29, 1.82) is 0 Å². The molecular formula is C16H12NO. The minimum absolute atomic E-state index is 0.597. The predicted molar refractivity (Wildman–Crippen MR) is 72.3 cm³/mol. The summed E-state index contributed by atoms with van der Waals surface area (Å²) in [5.41, 5.74) is 2.84. The highest BCUT2D eigenvalue weighted by molar-refractivity contribution is 5.89. The van der Waals surface area contributed by atoms with Crippen molar-refractivity contribution >= 4 is 17.2 Å². The molecule has 2 heteroatoms. The topological polar surface area (TPSA) is 22.0 Å². The molecule has 0 fully saturated rings. The Hall–Kier alpha value is -2.35. The minimum Gasteiger partial charge on any atom is -0.333 e. The molecule has 0 saturated carbocycles. The largest absolute Gasteiger partial charge is 0.333 e. The van der Waals surface area contributed by atoms with Gasteiger partial charge in [0.15, 0.2) is 0 Å². The molecule has 3 rings (SSSR count). The summed E-state index contributed by atoms with van der Waals surface area (Å²) in [6.45, 7) is 0.693. The van der Waals surface area contributed by atoms with Gasteiger partial charge in [-0.3, -0.25) is 4.79 Å². The molecule has 2 aromatic carbocycles. The summed E-state index contributed by atoms with van der Waals surface area (Å²) >= 11 is 0. The number of para-hydroxylation sites is 1. The van der Waals surface area contributed by atoms with Crippen LogP contribution in [0.4, 0.5) is 0 Å². The van der Waals surface area contributed by atoms with E-state index in [0.29, 0.717) is 12.2 Å². The van der Waals surface area contributed by atoms with Crippen LogP contribution in [0.25, 0.3) is 10.9 Å². The third-order valence-corrected chi connectivity index (χ3v) is 3.10. The molecule has 1 aromatic heterocycles. The molecule has 87 valence electrons. The molecule has 0 spiro atoms. The van der Waals surface area contributed by atoms with E-state index in [2.05, 4.69) is 12.1 Å². The summed E-state index contributed by atoms with van der Waals surface area (Å²) in [6.07, 6.45) is 2.02. The van der Waals surface area contributed by atoms with Crippen LogP contribution in [0.15, 0.2) is 60.7 Å². The Morgan fingerprint density at radius 1 is 0.944 bits per heavy atom. The zero-order valence-electron chi connectivity index (χ0n) is 9.84. The number of fused-ring (bicyclic) bond motifs is 1. The third-order valence-electron chi connectivity index (χ3n) is 3.10. The van der Waals surface area contributed by atoms with E-state index < -0.39 is 0 Å². The Bertz CT molecular complexity index is 683. The number of rotatable bonds is 3. The van der Waals surface area contributed by atoms with Crippen molar-refractivity contribution in [3.63, 3.8) is 0 Å². The van der Waals surface area contributed by atoms with Gasteiger partial charge >= 0.3 is 0 Å². The van der Waals surface area contributed by atoms with Crippen LogP contribution in [-0.2, 0) is 11.3 Å². The molecule has 0 aliphatic rings. The van der Waals surface area contributed by atoms with Crippen LogP contribution >= 0.6 is 0 Å². The van der Waals surface area contributed by atoms with Crippen molar-refractivity contribution in [2.45, 2.75) is 6.54 Å². The van der Waals surface area contributed by atoms with E-state index in [9.17, 15) is 4.79 Å². The molecule has 0 amide bonds. The molecule has 0 aliphatic heterocycles. The van der Waals surface area contributed by atoms with Crippen molar-refractivity contribution in [2.24, 2.45) is 0 Å². The van der Waals surface area contributed by atoms with Crippen LogP contribution in [-0.4, -0.2) is 10.9 Å². The van der Waals surface area contributed by atoms with Gasteiger partial charge in [-0.15, -0.1) is 0 Å². The quantitative estimate of drug-likeness (QED) is 0.682. The van der Waals surface area contributed by atoms with E-state index in [4.69, 9.17) is 0 Å². The van der Waals surface area contributed by atoms with E-state index >= 15 is 0 Å². The van der Waals surface area contributed by atoms with Crippen molar-refractivity contribution in [3.8, 4) is 0 Å². The summed E-state index contributed by atoms with van der Waals surface area (Å²) in [7, 11) is 0. The van der Waals surface area contributed by atoms with Gasteiger partial charge in [-0.2, -0.15) is 0 Å². The summed E-state index contributed by atoms with van der Waals surface area (Å²) in [5, 5.41) is 1.08. The molecule has 1 heterocycles. The zero-order valence-corrected chi connectivity index (χ0v) is 9.84. The van der Waals surface area contributed by atoms with E-state index in [1.807, 2.05) is 59.4 Å². The number of hydrogen-bond acceptors (Lipinski definition) is 1. The van der Waals surface area contributed by atoms with Crippen LogP contribution in [0, 0.1) is 0 Å². The fraction of sp³-hybridized carbons (Fsp3) is 0.0625. The highest BCUT2D eigenvalue weighted by Gasteiger charge is 2.08. The van der Waals surface area contributed by atoms with Gasteiger partial charge in [0.25, 0.3) is 6.29 Å². The number of nitrogens with zero attached hydrogens (tertiary/aromatic N) is 1. The zero-order chi connectivity index (χ0) is 12.4. The van der Waals surface area contributed by atoms with Gasteiger partial charge in [0, 0.05) is 17.4 Å². The molecule has 2 nitrogen and oxygen atoms in total. The molecule has 0 bridgehead atoms. The third kappa shape index (κ3) is 1.82. The summed E-state index contributed by atoms with van der Waals surface area (Å²) in [5.74, 6) is 0. The lowest BCUT2D eigenvalue weighted by molar-refractivity contribution is 0.559. The first kappa shape index (κ1) is 10.8. The smallest absolute Gasteiger partial charge is 0.251 e.